The Morgan fingerprint density at radius 2 is 1.92 bits per heavy atom. The van der Waals surface area contributed by atoms with Crippen LogP contribution < -0.4 is 11.2 Å². The molecule has 7 heteroatoms. The van der Waals surface area contributed by atoms with Crippen molar-refractivity contribution in [3.05, 3.63) is 54.0 Å². The first-order valence-electron chi connectivity index (χ1n) is 8.61. The summed E-state index contributed by atoms with van der Waals surface area (Å²) in [6, 6.07) is 4.36. The zero-order valence-corrected chi connectivity index (χ0v) is 15.4. The lowest BCUT2D eigenvalue weighted by Gasteiger charge is -2.29. The van der Waals surface area contributed by atoms with Crippen LogP contribution in [-0.4, -0.2) is 26.8 Å². The van der Waals surface area contributed by atoms with Gasteiger partial charge in [0.05, 0.1) is 13.0 Å². The number of amides is 1. The van der Waals surface area contributed by atoms with Gasteiger partial charge in [0.25, 0.3) is 5.56 Å². The molecule has 1 aliphatic carbocycles. The molecule has 0 spiro atoms. The number of hydrogen-bond acceptors (Lipinski definition) is 4. The summed E-state index contributed by atoms with van der Waals surface area (Å²) in [4.78, 5) is 45.5. The van der Waals surface area contributed by atoms with Crippen molar-refractivity contribution in [3.8, 4) is 0 Å². The average molecular weight is 361 g/mol. The molecule has 1 aliphatic rings. The summed E-state index contributed by atoms with van der Waals surface area (Å²) in [6.45, 7) is 4.29. The van der Waals surface area contributed by atoms with Gasteiger partial charge in [0.2, 0.25) is 5.91 Å². The Labute approximate surface area is 149 Å². The smallest absolute Gasteiger partial charge is 0.325 e. The van der Waals surface area contributed by atoms with Crippen LogP contribution in [0.1, 0.15) is 46.7 Å². The average Bonchev–Trinajstić information content (AvgIpc) is 3.19. The van der Waals surface area contributed by atoms with E-state index in [2.05, 4.69) is 29.0 Å². The van der Waals surface area contributed by atoms with Crippen molar-refractivity contribution in [2.24, 2.45) is 0 Å². The fourth-order valence-corrected chi connectivity index (χ4v) is 4.36. The van der Waals surface area contributed by atoms with Crippen LogP contribution in [0.3, 0.4) is 0 Å². The van der Waals surface area contributed by atoms with Gasteiger partial charge in [0.15, 0.2) is 0 Å². The Morgan fingerprint density at radius 1 is 1.20 bits per heavy atom. The summed E-state index contributed by atoms with van der Waals surface area (Å²) < 4.78 is 0. The summed E-state index contributed by atoms with van der Waals surface area (Å²) in [6.07, 6.45) is 4.30. The molecule has 2 N–H and O–H groups in total. The second-order valence-electron chi connectivity index (χ2n) is 6.66. The molecule has 0 atom stereocenters. The third-order valence-electron chi connectivity index (χ3n) is 4.79. The van der Waals surface area contributed by atoms with Crippen LogP contribution in [-0.2, 0) is 17.8 Å². The molecule has 0 radical (unpaired) electrons. The number of nitrogens with zero attached hydrogens (tertiary/aromatic N) is 1. The molecule has 0 aromatic carbocycles. The minimum Gasteiger partial charge on any atom is -0.334 e. The van der Waals surface area contributed by atoms with Gasteiger partial charge < -0.3 is 9.88 Å². The van der Waals surface area contributed by atoms with Gasteiger partial charge in [-0.25, -0.2) is 4.79 Å². The van der Waals surface area contributed by atoms with E-state index in [9.17, 15) is 14.4 Å². The first-order chi connectivity index (χ1) is 11.9. The highest BCUT2D eigenvalue weighted by molar-refractivity contribution is 7.11. The summed E-state index contributed by atoms with van der Waals surface area (Å²) in [5.74, 6) is -0.0568. The summed E-state index contributed by atoms with van der Waals surface area (Å²) in [5.41, 5.74) is -0.219. The molecule has 2 aromatic heterocycles. The maximum atomic E-state index is 13.0. The minimum atomic E-state index is -0.541. The van der Waals surface area contributed by atoms with Crippen LogP contribution in [0.25, 0.3) is 0 Å². The SMILES string of the molecule is Cc1ccc(CN(C(=O)Cc2c(C)[nH]c(=O)[nH]c2=O)C2CCCC2)s1. The van der Waals surface area contributed by atoms with Gasteiger partial charge in [-0.3, -0.25) is 14.6 Å². The Morgan fingerprint density at radius 3 is 2.52 bits per heavy atom. The molecule has 6 nitrogen and oxygen atoms in total. The molecular formula is C18H23N3O3S. The predicted octanol–water partition coefficient (Wildman–Crippen LogP) is 2.26. The molecule has 134 valence electrons. The van der Waals surface area contributed by atoms with E-state index in [1.54, 1.807) is 18.3 Å². The van der Waals surface area contributed by atoms with Crippen LogP contribution in [0.5, 0.6) is 0 Å². The highest BCUT2D eigenvalue weighted by atomic mass is 32.1. The molecule has 0 saturated heterocycles. The summed E-state index contributed by atoms with van der Waals surface area (Å²) in [5, 5.41) is 0. The van der Waals surface area contributed by atoms with Crippen molar-refractivity contribution in [1.82, 2.24) is 14.9 Å². The van der Waals surface area contributed by atoms with Crippen molar-refractivity contribution in [3.63, 3.8) is 0 Å². The molecule has 1 amide bonds. The first kappa shape index (κ1) is 17.7. The fraction of sp³-hybridized carbons (Fsp3) is 0.500. The highest BCUT2D eigenvalue weighted by Gasteiger charge is 2.28. The van der Waals surface area contributed by atoms with E-state index in [1.807, 2.05) is 4.90 Å². The second kappa shape index (κ2) is 7.39. The number of rotatable bonds is 5. The van der Waals surface area contributed by atoms with E-state index in [1.165, 1.54) is 4.88 Å². The Hall–Kier alpha value is -2.15. The van der Waals surface area contributed by atoms with Gasteiger partial charge in [-0.05, 0) is 38.8 Å². The summed E-state index contributed by atoms with van der Waals surface area (Å²) in [7, 11) is 0. The van der Waals surface area contributed by atoms with E-state index in [0.717, 1.165) is 30.6 Å². The lowest BCUT2D eigenvalue weighted by molar-refractivity contribution is -0.133. The van der Waals surface area contributed by atoms with Crippen molar-refractivity contribution in [1.29, 1.82) is 0 Å². The van der Waals surface area contributed by atoms with E-state index in [4.69, 9.17) is 0 Å². The van der Waals surface area contributed by atoms with E-state index >= 15 is 0 Å². The maximum absolute atomic E-state index is 13.0. The quantitative estimate of drug-likeness (QED) is 0.856. The van der Waals surface area contributed by atoms with Gasteiger partial charge >= 0.3 is 5.69 Å². The van der Waals surface area contributed by atoms with Crippen molar-refractivity contribution < 1.29 is 4.79 Å². The Bertz CT molecular complexity index is 874. The number of aryl methyl sites for hydroxylation is 2. The summed E-state index contributed by atoms with van der Waals surface area (Å²) >= 11 is 1.70. The third kappa shape index (κ3) is 4.10. The minimum absolute atomic E-state index is 0.0127. The van der Waals surface area contributed by atoms with E-state index in [-0.39, 0.29) is 18.4 Å². The number of H-pyrrole nitrogens is 2. The van der Waals surface area contributed by atoms with Crippen molar-refractivity contribution in [2.75, 3.05) is 0 Å². The van der Waals surface area contributed by atoms with Crippen LogP contribution in [0, 0.1) is 13.8 Å². The van der Waals surface area contributed by atoms with E-state index < -0.39 is 11.2 Å². The molecule has 1 saturated carbocycles. The van der Waals surface area contributed by atoms with Crippen LogP contribution in [0.2, 0.25) is 0 Å². The molecular weight excluding hydrogens is 338 g/mol. The second-order valence-corrected chi connectivity index (χ2v) is 8.03. The van der Waals surface area contributed by atoms with Crippen molar-refractivity contribution in [2.45, 2.75) is 58.5 Å². The van der Waals surface area contributed by atoms with Crippen LogP contribution in [0.4, 0.5) is 0 Å². The largest absolute Gasteiger partial charge is 0.334 e. The van der Waals surface area contributed by atoms with Gasteiger partial charge in [0, 0.05) is 27.1 Å². The molecule has 2 heterocycles. The molecule has 2 aromatic rings. The number of thiophene rings is 1. The molecule has 0 unspecified atom stereocenters. The maximum Gasteiger partial charge on any atom is 0.325 e. The zero-order chi connectivity index (χ0) is 18.0. The number of carbonyl (C=O) groups is 1. The van der Waals surface area contributed by atoms with E-state index in [0.29, 0.717) is 17.8 Å². The topological polar surface area (TPSA) is 86.0 Å². The normalized spacial score (nSPS) is 14.8. The Kier molecular flexibility index (Phi) is 5.22. The van der Waals surface area contributed by atoms with Gasteiger partial charge in [-0.2, -0.15) is 0 Å². The fourth-order valence-electron chi connectivity index (χ4n) is 3.47. The van der Waals surface area contributed by atoms with Crippen LogP contribution >= 0.6 is 11.3 Å². The standard InChI is InChI=1S/C18H23N3O3S/c1-11-7-8-14(25-11)10-21(13-5-3-4-6-13)16(22)9-15-12(2)19-18(24)20-17(15)23/h7-8,13H,3-6,9-10H2,1-2H3,(H2,19,20,23,24). The first-order valence-corrected chi connectivity index (χ1v) is 9.42. The van der Waals surface area contributed by atoms with Gasteiger partial charge in [0.1, 0.15) is 0 Å². The lowest BCUT2D eigenvalue weighted by atomic mass is 10.1. The number of aromatic amines is 2. The molecule has 0 bridgehead atoms. The number of aromatic nitrogens is 2. The third-order valence-corrected chi connectivity index (χ3v) is 5.78. The number of hydrogen-bond donors (Lipinski definition) is 2. The Balaban J connectivity index is 1.84. The number of nitrogens with one attached hydrogen (secondary N) is 2. The monoisotopic (exact) mass is 361 g/mol. The predicted molar refractivity (Wildman–Crippen MR) is 98.0 cm³/mol. The van der Waals surface area contributed by atoms with Crippen LogP contribution in [0.15, 0.2) is 21.7 Å². The molecule has 3 rings (SSSR count). The molecule has 25 heavy (non-hydrogen) atoms. The number of carbonyl (C=O) groups excluding carboxylic acids is 1. The van der Waals surface area contributed by atoms with Gasteiger partial charge in [-0.15, -0.1) is 11.3 Å². The zero-order valence-electron chi connectivity index (χ0n) is 14.6. The highest BCUT2D eigenvalue weighted by Crippen LogP contribution is 2.27. The lowest BCUT2D eigenvalue weighted by Crippen LogP contribution is -2.40. The van der Waals surface area contributed by atoms with Gasteiger partial charge in [-0.1, -0.05) is 12.8 Å². The molecule has 0 aliphatic heterocycles. The van der Waals surface area contributed by atoms with Crippen molar-refractivity contribution >= 4 is 17.2 Å². The molecule has 1 fully saturated rings.